The Morgan fingerprint density at radius 1 is 1.23 bits per heavy atom. The highest BCUT2D eigenvalue weighted by molar-refractivity contribution is 5.93. The molecular formula is C23H21F6N3O3. The second-order valence-electron chi connectivity index (χ2n) is 8.72. The van der Waals surface area contributed by atoms with Gasteiger partial charge in [-0.2, -0.15) is 22.0 Å². The number of aliphatic hydroxyl groups is 1. The molecule has 1 fully saturated rings. The molecule has 0 bridgehead atoms. The van der Waals surface area contributed by atoms with E-state index in [2.05, 4.69) is 15.0 Å². The SMILES string of the molecule is CC1(n2c(NC(=O)CC(O)(c3ccccc3)C(F)(F)F)nc3c(F)cc(OC(F)F)cc32)CCC1. The van der Waals surface area contributed by atoms with Gasteiger partial charge in [0.1, 0.15) is 11.3 Å². The van der Waals surface area contributed by atoms with Crippen LogP contribution in [0.1, 0.15) is 38.2 Å². The van der Waals surface area contributed by atoms with Crippen molar-refractivity contribution in [3.8, 4) is 5.75 Å². The van der Waals surface area contributed by atoms with Crippen LogP contribution in [-0.2, 0) is 15.9 Å². The zero-order chi connectivity index (χ0) is 25.6. The number of amides is 1. The molecule has 188 valence electrons. The van der Waals surface area contributed by atoms with E-state index in [1.54, 1.807) is 6.92 Å². The van der Waals surface area contributed by atoms with Crippen LogP contribution in [0.4, 0.5) is 32.3 Å². The van der Waals surface area contributed by atoms with E-state index in [0.29, 0.717) is 18.9 Å². The van der Waals surface area contributed by atoms with Gasteiger partial charge in [0.25, 0.3) is 0 Å². The molecular weight excluding hydrogens is 480 g/mol. The van der Waals surface area contributed by atoms with Gasteiger partial charge in [-0.25, -0.2) is 9.37 Å². The first-order chi connectivity index (χ1) is 16.3. The predicted molar refractivity (Wildman–Crippen MR) is 113 cm³/mol. The summed E-state index contributed by atoms with van der Waals surface area (Å²) in [6.07, 6.45) is -4.65. The Labute approximate surface area is 195 Å². The van der Waals surface area contributed by atoms with Gasteiger partial charge in [-0.1, -0.05) is 30.3 Å². The van der Waals surface area contributed by atoms with Crippen LogP contribution in [0, 0.1) is 5.82 Å². The topological polar surface area (TPSA) is 76.4 Å². The summed E-state index contributed by atoms with van der Waals surface area (Å²) < 4.78 is 87.2. The number of fused-ring (bicyclic) bond motifs is 1. The lowest BCUT2D eigenvalue weighted by Gasteiger charge is -2.41. The van der Waals surface area contributed by atoms with Crippen LogP contribution in [-0.4, -0.2) is 33.4 Å². The Balaban J connectivity index is 1.73. The molecule has 1 aliphatic rings. The summed E-state index contributed by atoms with van der Waals surface area (Å²) in [5.74, 6) is -2.97. The molecule has 4 rings (SSSR count). The van der Waals surface area contributed by atoms with Gasteiger partial charge in [-0.05, 0) is 31.7 Å². The molecule has 1 heterocycles. The van der Waals surface area contributed by atoms with Gasteiger partial charge in [0.15, 0.2) is 11.4 Å². The predicted octanol–water partition coefficient (Wildman–Crippen LogP) is 5.45. The van der Waals surface area contributed by atoms with E-state index in [1.807, 2.05) is 0 Å². The summed E-state index contributed by atoms with van der Waals surface area (Å²) >= 11 is 0. The first-order valence-corrected chi connectivity index (χ1v) is 10.7. The summed E-state index contributed by atoms with van der Waals surface area (Å²) in [6, 6.07) is 7.98. The smallest absolute Gasteiger partial charge is 0.421 e. The largest absolute Gasteiger partial charge is 0.435 e. The van der Waals surface area contributed by atoms with Gasteiger partial charge in [0.2, 0.25) is 11.9 Å². The average Bonchev–Trinajstić information content (AvgIpc) is 3.09. The van der Waals surface area contributed by atoms with E-state index in [1.165, 1.54) is 22.8 Å². The minimum Gasteiger partial charge on any atom is -0.435 e. The average molecular weight is 501 g/mol. The van der Waals surface area contributed by atoms with Crippen LogP contribution >= 0.6 is 0 Å². The number of nitrogens with one attached hydrogen (secondary N) is 1. The molecule has 2 aromatic carbocycles. The van der Waals surface area contributed by atoms with Crippen molar-refractivity contribution in [3.05, 3.63) is 53.8 Å². The number of benzene rings is 2. The molecule has 0 saturated heterocycles. The van der Waals surface area contributed by atoms with Crippen molar-refractivity contribution in [1.82, 2.24) is 9.55 Å². The Morgan fingerprint density at radius 2 is 1.89 bits per heavy atom. The summed E-state index contributed by atoms with van der Waals surface area (Å²) in [5.41, 5.74) is -4.95. The summed E-state index contributed by atoms with van der Waals surface area (Å²) in [4.78, 5) is 16.8. The van der Waals surface area contributed by atoms with E-state index >= 15 is 0 Å². The summed E-state index contributed by atoms with van der Waals surface area (Å²) in [5, 5.41) is 12.8. The number of hydrogen-bond donors (Lipinski definition) is 2. The maximum Gasteiger partial charge on any atom is 0.421 e. The third-order valence-corrected chi connectivity index (χ3v) is 6.27. The highest BCUT2D eigenvalue weighted by Gasteiger charge is 2.56. The number of imidazole rings is 1. The molecule has 1 saturated carbocycles. The third-order valence-electron chi connectivity index (χ3n) is 6.27. The van der Waals surface area contributed by atoms with Gasteiger partial charge < -0.3 is 14.4 Å². The summed E-state index contributed by atoms with van der Waals surface area (Å²) in [6.45, 7) is -1.44. The second kappa shape index (κ2) is 8.74. The van der Waals surface area contributed by atoms with Crippen LogP contribution in [0.5, 0.6) is 5.75 Å². The minimum atomic E-state index is -5.18. The quantitative estimate of drug-likeness (QED) is 0.422. The number of hydrogen-bond acceptors (Lipinski definition) is 4. The lowest BCUT2D eigenvalue weighted by atomic mass is 9.78. The molecule has 1 atom stereocenters. The van der Waals surface area contributed by atoms with Gasteiger partial charge in [-0.15, -0.1) is 0 Å². The Kier molecular flexibility index (Phi) is 6.20. The number of carbonyl (C=O) groups is 1. The van der Waals surface area contributed by atoms with Gasteiger partial charge in [0.05, 0.1) is 11.9 Å². The second-order valence-corrected chi connectivity index (χ2v) is 8.72. The number of alkyl halides is 5. The van der Waals surface area contributed by atoms with Gasteiger partial charge >= 0.3 is 12.8 Å². The molecule has 0 radical (unpaired) electrons. The van der Waals surface area contributed by atoms with Crippen LogP contribution < -0.4 is 10.1 Å². The molecule has 3 aromatic rings. The maximum atomic E-state index is 14.7. The lowest BCUT2D eigenvalue weighted by molar-refractivity contribution is -0.266. The van der Waals surface area contributed by atoms with Crippen LogP contribution in [0.25, 0.3) is 11.0 Å². The van der Waals surface area contributed by atoms with E-state index in [0.717, 1.165) is 24.6 Å². The van der Waals surface area contributed by atoms with Crippen LogP contribution in [0.3, 0.4) is 0 Å². The van der Waals surface area contributed by atoms with Crippen molar-refractivity contribution < 1.29 is 41.0 Å². The molecule has 12 heteroatoms. The number of nitrogens with zero attached hydrogens (tertiary/aromatic N) is 2. The van der Waals surface area contributed by atoms with E-state index < -0.39 is 53.4 Å². The van der Waals surface area contributed by atoms with E-state index in [-0.39, 0.29) is 17.0 Å². The van der Waals surface area contributed by atoms with Crippen LogP contribution in [0.2, 0.25) is 0 Å². The normalized spacial score (nSPS) is 17.2. The van der Waals surface area contributed by atoms with Crippen molar-refractivity contribution in [2.24, 2.45) is 0 Å². The number of halogens is 6. The van der Waals surface area contributed by atoms with Crippen molar-refractivity contribution in [2.75, 3.05) is 5.32 Å². The van der Waals surface area contributed by atoms with E-state index in [9.17, 15) is 36.2 Å². The molecule has 0 spiro atoms. The third kappa shape index (κ3) is 4.54. The molecule has 0 aliphatic heterocycles. The fourth-order valence-electron chi connectivity index (χ4n) is 4.31. The Morgan fingerprint density at radius 3 is 2.43 bits per heavy atom. The maximum absolute atomic E-state index is 14.7. The summed E-state index contributed by atoms with van der Waals surface area (Å²) in [7, 11) is 0. The number of ether oxygens (including phenoxy) is 1. The molecule has 1 aliphatic carbocycles. The fraction of sp³-hybridized carbons (Fsp3) is 0.391. The monoisotopic (exact) mass is 501 g/mol. The van der Waals surface area contributed by atoms with Crippen molar-refractivity contribution >= 4 is 22.9 Å². The van der Waals surface area contributed by atoms with Crippen molar-refractivity contribution in [1.29, 1.82) is 0 Å². The fourth-order valence-corrected chi connectivity index (χ4v) is 4.31. The van der Waals surface area contributed by atoms with E-state index in [4.69, 9.17) is 0 Å². The molecule has 1 aromatic heterocycles. The van der Waals surface area contributed by atoms with Gasteiger partial charge in [0, 0.05) is 17.7 Å². The molecule has 1 unspecified atom stereocenters. The Bertz CT molecular complexity index is 1240. The lowest BCUT2D eigenvalue weighted by Crippen LogP contribution is -2.45. The van der Waals surface area contributed by atoms with Crippen LogP contribution in [0.15, 0.2) is 42.5 Å². The Hall–Kier alpha value is -3.28. The van der Waals surface area contributed by atoms with Crippen molar-refractivity contribution in [2.45, 2.75) is 56.5 Å². The highest BCUT2D eigenvalue weighted by atomic mass is 19.4. The standard InChI is InChI=1S/C23H21F6N3O3/c1-21(8-5-9-21)32-16-11-14(35-19(25)26)10-15(24)18(16)31-20(32)30-17(33)12-22(34,23(27,28)29)13-6-3-2-4-7-13/h2-4,6-7,10-11,19,34H,5,8-9,12H2,1H3,(H,30,31,33). The first kappa shape index (κ1) is 24.8. The molecule has 1 amide bonds. The minimum absolute atomic E-state index is 0.0345. The first-order valence-electron chi connectivity index (χ1n) is 10.7. The zero-order valence-electron chi connectivity index (χ0n) is 18.4. The number of rotatable bonds is 7. The van der Waals surface area contributed by atoms with Crippen molar-refractivity contribution in [3.63, 3.8) is 0 Å². The number of anilines is 1. The molecule has 6 nitrogen and oxygen atoms in total. The van der Waals surface area contributed by atoms with Gasteiger partial charge in [-0.3, -0.25) is 10.1 Å². The zero-order valence-corrected chi connectivity index (χ0v) is 18.4. The number of aromatic nitrogens is 2. The highest BCUT2D eigenvalue weighted by Crippen LogP contribution is 2.45. The number of carbonyl (C=O) groups excluding carboxylic acids is 1. The molecule has 2 N–H and O–H groups in total. The molecule has 35 heavy (non-hydrogen) atoms.